The smallest absolute Gasteiger partial charge is 0.294 e. The summed E-state index contributed by atoms with van der Waals surface area (Å²) in [6, 6.07) is 9.90. The highest BCUT2D eigenvalue weighted by Gasteiger charge is 2.39. The Morgan fingerprint density at radius 1 is 1.32 bits per heavy atom. The second-order valence-electron chi connectivity index (χ2n) is 7.48. The van der Waals surface area contributed by atoms with E-state index >= 15 is 0 Å². The summed E-state index contributed by atoms with van der Waals surface area (Å²) in [5.41, 5.74) is 0.0568. The van der Waals surface area contributed by atoms with Crippen molar-refractivity contribution in [2.45, 2.75) is 32.4 Å². The lowest BCUT2D eigenvalue weighted by atomic mass is 10.0. The van der Waals surface area contributed by atoms with Crippen molar-refractivity contribution in [3.8, 4) is 16.4 Å². The molecule has 1 aliphatic heterocycles. The van der Waals surface area contributed by atoms with E-state index in [9.17, 15) is 9.18 Å². The molecule has 1 aliphatic rings. The molecule has 1 unspecified atom stereocenters. The predicted octanol–water partition coefficient (Wildman–Crippen LogP) is 3.77. The van der Waals surface area contributed by atoms with Crippen molar-refractivity contribution in [3.63, 3.8) is 0 Å². The molecule has 28 heavy (non-hydrogen) atoms. The van der Waals surface area contributed by atoms with Gasteiger partial charge in [-0.3, -0.25) is 4.79 Å². The van der Waals surface area contributed by atoms with Crippen molar-refractivity contribution in [2.24, 2.45) is 0 Å². The molecule has 3 aromatic rings. The molecule has 0 N–H and O–H groups in total. The van der Waals surface area contributed by atoms with Gasteiger partial charge in [-0.15, -0.1) is 16.4 Å². The Morgan fingerprint density at radius 2 is 2.14 bits per heavy atom. The maximum Gasteiger partial charge on any atom is 0.294 e. The van der Waals surface area contributed by atoms with Crippen LogP contribution in [-0.2, 0) is 4.74 Å². The van der Waals surface area contributed by atoms with Crippen LogP contribution in [0.4, 0.5) is 4.39 Å². The van der Waals surface area contributed by atoms with Crippen molar-refractivity contribution in [3.05, 3.63) is 53.4 Å². The molecule has 4 rings (SSSR count). The van der Waals surface area contributed by atoms with Crippen molar-refractivity contribution < 1.29 is 13.9 Å². The van der Waals surface area contributed by atoms with Crippen LogP contribution in [0.2, 0.25) is 0 Å². The van der Waals surface area contributed by atoms with Crippen molar-refractivity contribution in [1.29, 1.82) is 0 Å². The van der Waals surface area contributed by atoms with Crippen LogP contribution in [-0.4, -0.2) is 50.4 Å². The fourth-order valence-corrected chi connectivity index (χ4v) is 3.91. The molecule has 1 aromatic carbocycles. The van der Waals surface area contributed by atoms with Crippen molar-refractivity contribution in [1.82, 2.24) is 19.7 Å². The molecule has 8 heteroatoms. The van der Waals surface area contributed by atoms with E-state index in [-0.39, 0.29) is 23.7 Å². The average Bonchev–Trinajstić information content (AvgIpc) is 3.32. The number of hydrogen-bond acceptors (Lipinski definition) is 5. The summed E-state index contributed by atoms with van der Waals surface area (Å²) in [4.78, 5) is 20.4. The van der Waals surface area contributed by atoms with E-state index in [2.05, 4.69) is 10.1 Å². The first-order chi connectivity index (χ1) is 13.3. The van der Waals surface area contributed by atoms with Crippen LogP contribution in [0, 0.1) is 5.82 Å². The number of carbonyl (C=O) groups is 1. The van der Waals surface area contributed by atoms with Gasteiger partial charge in [-0.25, -0.2) is 14.1 Å². The quantitative estimate of drug-likeness (QED) is 0.671. The number of morpholine rings is 1. The normalized spacial score (nSPS) is 19.0. The number of amides is 1. The molecule has 146 valence electrons. The fraction of sp³-hybridized carbons (Fsp3) is 0.350. The minimum atomic E-state index is -0.461. The van der Waals surface area contributed by atoms with Crippen LogP contribution in [0.1, 0.15) is 31.4 Å². The van der Waals surface area contributed by atoms with Gasteiger partial charge in [0.05, 0.1) is 28.8 Å². The summed E-state index contributed by atoms with van der Waals surface area (Å²) in [6.07, 6.45) is -0.0564. The summed E-state index contributed by atoms with van der Waals surface area (Å²) in [5.74, 6) is -0.0212. The number of ether oxygens (including phenoxy) is 1. The van der Waals surface area contributed by atoms with Gasteiger partial charge in [-0.05, 0) is 50.4 Å². The van der Waals surface area contributed by atoms with E-state index in [0.29, 0.717) is 24.7 Å². The first-order valence-electron chi connectivity index (χ1n) is 9.05. The van der Waals surface area contributed by atoms with Crippen LogP contribution in [0.15, 0.2) is 41.8 Å². The van der Waals surface area contributed by atoms with Crippen LogP contribution in [0.3, 0.4) is 0 Å². The second kappa shape index (κ2) is 7.10. The van der Waals surface area contributed by atoms with E-state index < -0.39 is 5.54 Å². The Bertz CT molecular complexity index is 1000. The van der Waals surface area contributed by atoms with Crippen LogP contribution in [0.25, 0.3) is 16.4 Å². The van der Waals surface area contributed by atoms with E-state index in [1.165, 1.54) is 28.2 Å². The minimum absolute atomic E-state index is 0.0564. The number of carbonyl (C=O) groups excluding carboxylic acids is 1. The Hall–Kier alpha value is -2.58. The number of halogens is 1. The molecule has 6 nitrogen and oxygen atoms in total. The second-order valence-corrected chi connectivity index (χ2v) is 8.43. The Balaban J connectivity index is 1.78. The molecule has 1 fully saturated rings. The number of thiophene rings is 1. The molecule has 0 spiro atoms. The third-order valence-electron chi connectivity index (χ3n) is 4.73. The van der Waals surface area contributed by atoms with E-state index in [0.717, 1.165) is 4.88 Å². The Morgan fingerprint density at radius 3 is 2.86 bits per heavy atom. The van der Waals surface area contributed by atoms with Gasteiger partial charge >= 0.3 is 0 Å². The molecule has 0 bridgehead atoms. The van der Waals surface area contributed by atoms with Crippen molar-refractivity contribution >= 4 is 17.2 Å². The zero-order chi connectivity index (χ0) is 19.9. The van der Waals surface area contributed by atoms with E-state index in [1.807, 2.05) is 38.3 Å². The van der Waals surface area contributed by atoms with E-state index in [4.69, 9.17) is 4.74 Å². The third-order valence-corrected chi connectivity index (χ3v) is 5.60. The highest BCUT2D eigenvalue weighted by molar-refractivity contribution is 7.13. The van der Waals surface area contributed by atoms with Crippen LogP contribution in [0.5, 0.6) is 0 Å². The average molecular weight is 400 g/mol. The standard InChI is InChI=1S/C20H21FN4O2S/c1-13-11-24(20(2,3)12-27-13)19(26)17-22-18(16-8-5-9-28-16)25(23-17)15-7-4-6-14(21)10-15/h4-10,13H,11-12H2,1-3H3. The number of nitrogens with zero attached hydrogens (tertiary/aromatic N) is 4. The maximum absolute atomic E-state index is 13.8. The monoisotopic (exact) mass is 400 g/mol. The lowest BCUT2D eigenvalue weighted by Gasteiger charge is -2.44. The number of benzene rings is 1. The predicted molar refractivity (Wildman–Crippen MR) is 105 cm³/mol. The van der Waals surface area contributed by atoms with Gasteiger partial charge in [-0.2, -0.15) is 0 Å². The minimum Gasteiger partial charge on any atom is -0.374 e. The van der Waals surface area contributed by atoms with Crippen molar-refractivity contribution in [2.75, 3.05) is 13.2 Å². The molecule has 0 radical (unpaired) electrons. The van der Waals surface area contributed by atoms with Gasteiger partial charge in [0.15, 0.2) is 5.82 Å². The number of rotatable bonds is 3. The summed E-state index contributed by atoms with van der Waals surface area (Å²) >= 11 is 1.49. The van der Waals surface area contributed by atoms with Crippen LogP contribution >= 0.6 is 11.3 Å². The third kappa shape index (κ3) is 3.45. The molecule has 3 heterocycles. The van der Waals surface area contributed by atoms with Crippen LogP contribution < -0.4 is 0 Å². The first kappa shape index (κ1) is 18.8. The number of hydrogen-bond donors (Lipinski definition) is 0. The van der Waals surface area contributed by atoms with Gasteiger partial charge in [0.1, 0.15) is 5.82 Å². The largest absolute Gasteiger partial charge is 0.374 e. The Labute approximate surface area is 166 Å². The molecule has 2 aromatic heterocycles. The van der Waals surface area contributed by atoms with Gasteiger partial charge in [0.25, 0.3) is 5.91 Å². The summed E-state index contributed by atoms with van der Waals surface area (Å²) in [5, 5.41) is 6.38. The molecular formula is C20H21FN4O2S. The molecule has 1 amide bonds. The fourth-order valence-electron chi connectivity index (χ4n) is 3.22. The van der Waals surface area contributed by atoms with Gasteiger partial charge in [-0.1, -0.05) is 12.1 Å². The lowest BCUT2D eigenvalue weighted by Crippen LogP contribution is -2.58. The lowest BCUT2D eigenvalue weighted by molar-refractivity contribution is -0.0759. The van der Waals surface area contributed by atoms with Gasteiger partial charge < -0.3 is 9.64 Å². The molecule has 0 aliphatic carbocycles. The molecule has 0 saturated carbocycles. The van der Waals surface area contributed by atoms with E-state index in [1.54, 1.807) is 17.0 Å². The molecule has 1 atom stereocenters. The summed E-state index contributed by atoms with van der Waals surface area (Å²) in [7, 11) is 0. The molecular weight excluding hydrogens is 379 g/mol. The zero-order valence-electron chi connectivity index (χ0n) is 15.9. The topological polar surface area (TPSA) is 60.2 Å². The number of aromatic nitrogens is 3. The Kier molecular flexibility index (Phi) is 4.76. The first-order valence-corrected chi connectivity index (χ1v) is 9.93. The van der Waals surface area contributed by atoms with Gasteiger partial charge in [0.2, 0.25) is 5.82 Å². The highest BCUT2D eigenvalue weighted by atomic mass is 32.1. The SMILES string of the molecule is CC1CN(C(=O)c2nc(-c3cccs3)n(-c3cccc(F)c3)n2)C(C)(C)CO1. The summed E-state index contributed by atoms with van der Waals surface area (Å²) < 4.78 is 21.0. The molecule has 1 saturated heterocycles. The summed E-state index contributed by atoms with van der Waals surface area (Å²) in [6.45, 7) is 6.77. The van der Waals surface area contributed by atoms with Gasteiger partial charge in [0, 0.05) is 6.54 Å². The zero-order valence-corrected chi connectivity index (χ0v) is 16.7. The highest BCUT2D eigenvalue weighted by Crippen LogP contribution is 2.28. The maximum atomic E-state index is 13.8.